The summed E-state index contributed by atoms with van der Waals surface area (Å²) in [6, 6.07) is 9.51. The summed E-state index contributed by atoms with van der Waals surface area (Å²) in [6.07, 6.45) is 0. The molecule has 0 saturated carbocycles. The Bertz CT molecular complexity index is 388. The van der Waals surface area contributed by atoms with E-state index in [0.717, 1.165) is 32.8 Å². The molecule has 2 unspecified atom stereocenters. The van der Waals surface area contributed by atoms with Gasteiger partial charge in [0.2, 0.25) is 0 Å². The van der Waals surface area contributed by atoms with E-state index in [1.165, 1.54) is 11.1 Å². The molecular weight excluding hydrogens is 236 g/mol. The molecule has 0 radical (unpaired) electrons. The standard InChI is InChI=1S/C16H26N2O/c1-13-6-4-5-7-16(13)15(3)17-14(2)12-18-8-10-19-11-9-18/h4-7,14-15,17H,8-12H2,1-3H3. The maximum atomic E-state index is 5.39. The van der Waals surface area contributed by atoms with Crippen molar-refractivity contribution < 1.29 is 4.74 Å². The highest BCUT2D eigenvalue weighted by atomic mass is 16.5. The molecule has 1 aliphatic heterocycles. The number of morpholine rings is 1. The van der Waals surface area contributed by atoms with Crippen LogP contribution in [0.3, 0.4) is 0 Å². The van der Waals surface area contributed by atoms with Crippen molar-refractivity contribution in [3.8, 4) is 0 Å². The molecule has 1 fully saturated rings. The molecule has 0 amide bonds. The van der Waals surface area contributed by atoms with Crippen LogP contribution in [0.15, 0.2) is 24.3 Å². The van der Waals surface area contributed by atoms with E-state index in [9.17, 15) is 0 Å². The molecule has 2 atom stereocenters. The average Bonchev–Trinajstić information content (AvgIpc) is 2.40. The van der Waals surface area contributed by atoms with Crippen LogP contribution in [-0.4, -0.2) is 43.8 Å². The Labute approximate surface area is 116 Å². The van der Waals surface area contributed by atoms with E-state index in [2.05, 4.69) is 55.3 Å². The third kappa shape index (κ3) is 4.30. The normalized spacial score (nSPS) is 20.2. The van der Waals surface area contributed by atoms with E-state index in [1.54, 1.807) is 0 Å². The Kier molecular flexibility index (Phi) is 5.37. The summed E-state index contributed by atoms with van der Waals surface area (Å²) in [4.78, 5) is 2.48. The number of hydrogen-bond donors (Lipinski definition) is 1. The number of benzene rings is 1. The Balaban J connectivity index is 1.84. The molecule has 0 bridgehead atoms. The van der Waals surface area contributed by atoms with Gasteiger partial charge in [0.15, 0.2) is 0 Å². The second-order valence-corrected chi connectivity index (χ2v) is 5.56. The molecule has 1 N–H and O–H groups in total. The lowest BCUT2D eigenvalue weighted by molar-refractivity contribution is 0.0339. The number of ether oxygens (including phenoxy) is 1. The topological polar surface area (TPSA) is 24.5 Å². The van der Waals surface area contributed by atoms with Crippen molar-refractivity contribution in [1.82, 2.24) is 10.2 Å². The van der Waals surface area contributed by atoms with Crippen molar-refractivity contribution in [3.63, 3.8) is 0 Å². The Morgan fingerprint density at radius 2 is 1.89 bits per heavy atom. The molecule has 0 aromatic heterocycles. The monoisotopic (exact) mass is 262 g/mol. The zero-order chi connectivity index (χ0) is 13.7. The minimum atomic E-state index is 0.400. The van der Waals surface area contributed by atoms with Crippen LogP contribution in [0.4, 0.5) is 0 Å². The predicted molar refractivity (Wildman–Crippen MR) is 79.5 cm³/mol. The maximum Gasteiger partial charge on any atom is 0.0594 e. The first kappa shape index (κ1) is 14.5. The lowest BCUT2D eigenvalue weighted by Crippen LogP contribution is -2.45. The van der Waals surface area contributed by atoms with E-state index in [4.69, 9.17) is 4.74 Å². The van der Waals surface area contributed by atoms with Crippen LogP contribution >= 0.6 is 0 Å². The van der Waals surface area contributed by atoms with Crippen LogP contribution in [0.2, 0.25) is 0 Å². The molecule has 1 aliphatic rings. The Hall–Kier alpha value is -0.900. The summed E-state index contributed by atoms with van der Waals surface area (Å²) in [5.41, 5.74) is 2.76. The third-order valence-electron chi connectivity index (χ3n) is 3.83. The van der Waals surface area contributed by atoms with Crippen molar-refractivity contribution in [2.75, 3.05) is 32.8 Å². The highest BCUT2D eigenvalue weighted by Crippen LogP contribution is 2.17. The SMILES string of the molecule is Cc1ccccc1C(C)NC(C)CN1CCOCC1. The van der Waals surface area contributed by atoms with Gasteiger partial charge in [0, 0.05) is 31.7 Å². The first-order chi connectivity index (χ1) is 9.16. The molecule has 1 aromatic carbocycles. The van der Waals surface area contributed by atoms with Crippen LogP contribution in [0.5, 0.6) is 0 Å². The zero-order valence-corrected chi connectivity index (χ0v) is 12.4. The van der Waals surface area contributed by atoms with Crippen molar-refractivity contribution in [2.24, 2.45) is 0 Å². The fraction of sp³-hybridized carbons (Fsp3) is 0.625. The van der Waals surface area contributed by atoms with Gasteiger partial charge in [0.25, 0.3) is 0 Å². The van der Waals surface area contributed by atoms with E-state index >= 15 is 0 Å². The number of aryl methyl sites for hydroxylation is 1. The molecule has 106 valence electrons. The van der Waals surface area contributed by atoms with Gasteiger partial charge in [-0.25, -0.2) is 0 Å². The summed E-state index contributed by atoms with van der Waals surface area (Å²) in [5, 5.41) is 3.70. The quantitative estimate of drug-likeness (QED) is 0.881. The van der Waals surface area contributed by atoms with Gasteiger partial charge in [0.1, 0.15) is 0 Å². The zero-order valence-electron chi connectivity index (χ0n) is 12.4. The highest BCUT2D eigenvalue weighted by Gasteiger charge is 2.16. The van der Waals surface area contributed by atoms with Gasteiger partial charge < -0.3 is 10.1 Å². The second-order valence-electron chi connectivity index (χ2n) is 5.56. The van der Waals surface area contributed by atoms with Gasteiger partial charge in [-0.05, 0) is 31.9 Å². The summed E-state index contributed by atoms with van der Waals surface area (Å²) in [6.45, 7) is 11.7. The van der Waals surface area contributed by atoms with Crippen molar-refractivity contribution in [1.29, 1.82) is 0 Å². The summed E-state index contributed by atoms with van der Waals surface area (Å²) < 4.78 is 5.39. The first-order valence-corrected chi connectivity index (χ1v) is 7.28. The van der Waals surface area contributed by atoms with Crippen LogP contribution in [-0.2, 0) is 4.74 Å². The van der Waals surface area contributed by atoms with Crippen molar-refractivity contribution in [2.45, 2.75) is 32.9 Å². The highest BCUT2D eigenvalue weighted by molar-refractivity contribution is 5.28. The number of nitrogens with one attached hydrogen (secondary N) is 1. The minimum Gasteiger partial charge on any atom is -0.379 e. The van der Waals surface area contributed by atoms with Gasteiger partial charge in [-0.3, -0.25) is 4.90 Å². The second kappa shape index (κ2) is 7.04. The molecular formula is C16H26N2O. The molecule has 2 rings (SSSR count). The number of nitrogens with zero attached hydrogens (tertiary/aromatic N) is 1. The van der Waals surface area contributed by atoms with Gasteiger partial charge in [0.05, 0.1) is 13.2 Å². The minimum absolute atomic E-state index is 0.400. The molecule has 3 nitrogen and oxygen atoms in total. The molecule has 19 heavy (non-hydrogen) atoms. The summed E-state index contributed by atoms with van der Waals surface area (Å²) >= 11 is 0. The largest absolute Gasteiger partial charge is 0.379 e. The van der Waals surface area contributed by atoms with E-state index in [-0.39, 0.29) is 0 Å². The van der Waals surface area contributed by atoms with E-state index < -0.39 is 0 Å². The van der Waals surface area contributed by atoms with Crippen molar-refractivity contribution >= 4 is 0 Å². The Morgan fingerprint density at radius 1 is 1.21 bits per heavy atom. The van der Waals surface area contributed by atoms with Crippen LogP contribution < -0.4 is 5.32 Å². The van der Waals surface area contributed by atoms with Gasteiger partial charge in [-0.15, -0.1) is 0 Å². The lowest BCUT2D eigenvalue weighted by Gasteiger charge is -2.31. The maximum absolute atomic E-state index is 5.39. The lowest BCUT2D eigenvalue weighted by atomic mass is 10.0. The predicted octanol–water partition coefficient (Wildman–Crippen LogP) is 2.37. The molecule has 0 aliphatic carbocycles. The smallest absolute Gasteiger partial charge is 0.0594 e. The third-order valence-corrected chi connectivity index (χ3v) is 3.83. The summed E-state index contributed by atoms with van der Waals surface area (Å²) in [5.74, 6) is 0. The van der Waals surface area contributed by atoms with Crippen molar-refractivity contribution in [3.05, 3.63) is 35.4 Å². The molecule has 1 aromatic rings. The fourth-order valence-corrected chi connectivity index (χ4v) is 2.81. The van der Waals surface area contributed by atoms with Crippen LogP contribution in [0.1, 0.15) is 31.0 Å². The van der Waals surface area contributed by atoms with E-state index in [0.29, 0.717) is 12.1 Å². The average molecular weight is 262 g/mol. The van der Waals surface area contributed by atoms with Crippen LogP contribution in [0.25, 0.3) is 0 Å². The van der Waals surface area contributed by atoms with Gasteiger partial charge in [-0.1, -0.05) is 24.3 Å². The van der Waals surface area contributed by atoms with Gasteiger partial charge >= 0.3 is 0 Å². The van der Waals surface area contributed by atoms with E-state index in [1.807, 2.05) is 0 Å². The molecule has 1 heterocycles. The first-order valence-electron chi connectivity index (χ1n) is 7.28. The van der Waals surface area contributed by atoms with Gasteiger partial charge in [-0.2, -0.15) is 0 Å². The number of rotatable bonds is 5. The summed E-state index contributed by atoms with van der Waals surface area (Å²) in [7, 11) is 0. The fourth-order valence-electron chi connectivity index (χ4n) is 2.81. The molecule has 3 heteroatoms. The molecule has 0 spiro atoms. The number of hydrogen-bond acceptors (Lipinski definition) is 3. The Morgan fingerprint density at radius 3 is 2.58 bits per heavy atom. The van der Waals surface area contributed by atoms with Crippen LogP contribution in [0, 0.1) is 6.92 Å². The molecule has 1 saturated heterocycles.